The van der Waals surface area contributed by atoms with Gasteiger partial charge in [0.05, 0.1) is 5.75 Å². The first-order valence-corrected chi connectivity index (χ1v) is 13.9. The zero-order valence-corrected chi connectivity index (χ0v) is 22.7. The molecule has 0 fully saturated rings. The van der Waals surface area contributed by atoms with Crippen LogP contribution in [0.4, 0.5) is 5.13 Å². The summed E-state index contributed by atoms with van der Waals surface area (Å²) in [4.78, 5) is 18.1. The maximum atomic E-state index is 12.7. The molecule has 2 heterocycles. The molecule has 0 aliphatic rings. The van der Waals surface area contributed by atoms with E-state index in [9.17, 15) is 4.79 Å². The molecule has 36 heavy (non-hydrogen) atoms. The van der Waals surface area contributed by atoms with Gasteiger partial charge in [-0.2, -0.15) is 0 Å². The molecule has 6 nitrogen and oxygen atoms in total. The number of benzene rings is 3. The van der Waals surface area contributed by atoms with Gasteiger partial charge in [-0.15, -0.1) is 21.5 Å². The van der Waals surface area contributed by atoms with E-state index < -0.39 is 0 Å². The molecule has 0 bridgehead atoms. The number of carbonyl (C=O) groups excluding carboxylic acids is 1. The van der Waals surface area contributed by atoms with E-state index in [1.54, 1.807) is 6.20 Å². The molecule has 0 aliphatic heterocycles. The fraction of sp³-hybridized carbons (Fsp3) is 0.0769. The summed E-state index contributed by atoms with van der Waals surface area (Å²) < 4.78 is 2.95. The molecule has 5 aromatic rings. The van der Waals surface area contributed by atoms with Crippen molar-refractivity contribution < 1.29 is 4.79 Å². The number of para-hydroxylation sites is 1. The molecule has 3 aromatic carbocycles. The van der Waals surface area contributed by atoms with E-state index in [1.165, 1.54) is 23.1 Å². The largest absolute Gasteiger partial charge is 0.301 e. The highest BCUT2D eigenvalue weighted by Gasteiger charge is 2.18. The van der Waals surface area contributed by atoms with Crippen molar-refractivity contribution in [1.29, 1.82) is 0 Å². The van der Waals surface area contributed by atoms with E-state index in [1.807, 2.05) is 83.4 Å². The molecule has 2 aromatic heterocycles. The van der Waals surface area contributed by atoms with Crippen molar-refractivity contribution in [3.63, 3.8) is 0 Å². The minimum absolute atomic E-state index is 0.156. The number of nitrogens with zero attached hydrogens (tertiary/aromatic N) is 4. The first-order chi connectivity index (χ1) is 17.5. The number of carbonyl (C=O) groups is 1. The lowest BCUT2D eigenvalue weighted by Crippen LogP contribution is -2.14. The Kier molecular flexibility index (Phi) is 7.81. The average Bonchev–Trinajstić information content (AvgIpc) is 3.50. The van der Waals surface area contributed by atoms with E-state index in [0.29, 0.717) is 27.6 Å². The number of thioether (sulfide) groups is 1. The lowest BCUT2D eigenvalue weighted by atomic mass is 10.1. The Hall–Kier alpha value is -2.98. The molecular weight excluding hydrogens is 578 g/mol. The van der Waals surface area contributed by atoms with Crippen LogP contribution in [0.5, 0.6) is 0 Å². The Bertz CT molecular complexity index is 1490. The smallest absolute Gasteiger partial charge is 0.236 e. The zero-order chi connectivity index (χ0) is 24.9. The quantitative estimate of drug-likeness (QED) is 0.193. The summed E-state index contributed by atoms with van der Waals surface area (Å²) in [6, 6.07) is 25.5. The van der Waals surface area contributed by atoms with Gasteiger partial charge in [0.15, 0.2) is 16.1 Å². The molecule has 0 unspecified atom stereocenters. The second-order valence-corrected chi connectivity index (χ2v) is 11.2. The first-order valence-electron chi connectivity index (χ1n) is 10.9. The van der Waals surface area contributed by atoms with Crippen LogP contribution in [0, 0.1) is 0 Å². The van der Waals surface area contributed by atoms with Crippen LogP contribution >= 0.6 is 50.6 Å². The predicted octanol–water partition coefficient (Wildman–Crippen LogP) is 7.13. The van der Waals surface area contributed by atoms with Gasteiger partial charge < -0.3 is 5.32 Å². The molecule has 1 N–H and O–H groups in total. The highest BCUT2D eigenvalue weighted by Crippen LogP contribution is 2.29. The predicted molar refractivity (Wildman–Crippen MR) is 150 cm³/mol. The van der Waals surface area contributed by atoms with Crippen molar-refractivity contribution in [1.82, 2.24) is 19.7 Å². The van der Waals surface area contributed by atoms with E-state index in [2.05, 4.69) is 36.4 Å². The maximum absolute atomic E-state index is 12.7. The van der Waals surface area contributed by atoms with Crippen LogP contribution < -0.4 is 5.32 Å². The van der Waals surface area contributed by atoms with Gasteiger partial charge in [0.2, 0.25) is 5.91 Å². The summed E-state index contributed by atoms with van der Waals surface area (Å²) in [5.41, 5.74) is 2.95. The molecular formula is C26H19BrClN5OS2. The SMILES string of the molecule is O=C(CSc1nnc(-c2ccc(Br)cc2)n1-c1ccccc1)Nc1ncc(Cc2cccc(Cl)c2)s1. The summed E-state index contributed by atoms with van der Waals surface area (Å²) in [6.07, 6.45) is 2.49. The Morgan fingerprint density at radius 3 is 2.61 bits per heavy atom. The second kappa shape index (κ2) is 11.4. The number of hydrogen-bond acceptors (Lipinski definition) is 6. The van der Waals surface area contributed by atoms with Crippen molar-refractivity contribution >= 4 is 61.7 Å². The van der Waals surface area contributed by atoms with E-state index in [0.717, 1.165) is 26.2 Å². The minimum atomic E-state index is -0.156. The molecule has 0 saturated heterocycles. The number of anilines is 1. The topological polar surface area (TPSA) is 72.7 Å². The Labute approximate surface area is 229 Å². The van der Waals surface area contributed by atoms with Crippen LogP contribution in [0.25, 0.3) is 17.1 Å². The van der Waals surface area contributed by atoms with Crippen molar-refractivity contribution in [2.75, 3.05) is 11.1 Å². The lowest BCUT2D eigenvalue weighted by Gasteiger charge is -2.10. The third-order valence-corrected chi connectivity index (χ3v) is 7.76. The number of nitrogens with one attached hydrogen (secondary N) is 1. The molecule has 5 rings (SSSR count). The van der Waals surface area contributed by atoms with E-state index >= 15 is 0 Å². The van der Waals surface area contributed by atoms with Crippen LogP contribution in [-0.4, -0.2) is 31.4 Å². The Morgan fingerprint density at radius 1 is 1.03 bits per heavy atom. The van der Waals surface area contributed by atoms with Crippen molar-refractivity contribution in [2.24, 2.45) is 0 Å². The van der Waals surface area contributed by atoms with Crippen LogP contribution in [0.15, 0.2) is 94.7 Å². The Morgan fingerprint density at radius 2 is 1.83 bits per heavy atom. The third-order valence-electron chi connectivity index (χ3n) is 5.15. The Balaban J connectivity index is 1.28. The highest BCUT2D eigenvalue weighted by molar-refractivity contribution is 9.10. The van der Waals surface area contributed by atoms with Crippen LogP contribution in [0.3, 0.4) is 0 Å². The maximum Gasteiger partial charge on any atom is 0.236 e. The molecule has 180 valence electrons. The van der Waals surface area contributed by atoms with Gasteiger partial charge in [0.25, 0.3) is 0 Å². The lowest BCUT2D eigenvalue weighted by molar-refractivity contribution is -0.113. The molecule has 0 aliphatic carbocycles. The van der Waals surface area contributed by atoms with Gasteiger partial charge in [0.1, 0.15) is 0 Å². The molecule has 10 heteroatoms. The van der Waals surface area contributed by atoms with Gasteiger partial charge >= 0.3 is 0 Å². The van der Waals surface area contributed by atoms with Crippen molar-refractivity contribution in [2.45, 2.75) is 11.6 Å². The average molecular weight is 597 g/mol. The highest BCUT2D eigenvalue weighted by atomic mass is 79.9. The first kappa shape index (κ1) is 24.7. The van der Waals surface area contributed by atoms with Crippen molar-refractivity contribution in [3.8, 4) is 17.1 Å². The minimum Gasteiger partial charge on any atom is -0.301 e. The number of hydrogen-bond donors (Lipinski definition) is 1. The van der Waals surface area contributed by atoms with Gasteiger partial charge in [-0.25, -0.2) is 4.98 Å². The molecule has 0 spiro atoms. The van der Waals surface area contributed by atoms with Gasteiger partial charge in [-0.1, -0.05) is 81.8 Å². The van der Waals surface area contributed by atoms with Gasteiger partial charge in [-0.05, 0) is 42.0 Å². The third kappa shape index (κ3) is 6.04. The molecule has 0 radical (unpaired) electrons. The number of rotatable bonds is 8. The monoisotopic (exact) mass is 595 g/mol. The van der Waals surface area contributed by atoms with Crippen LogP contribution in [0.2, 0.25) is 5.02 Å². The molecule has 0 saturated carbocycles. The summed E-state index contributed by atoms with van der Waals surface area (Å²) in [6.45, 7) is 0. The summed E-state index contributed by atoms with van der Waals surface area (Å²) in [7, 11) is 0. The zero-order valence-electron chi connectivity index (χ0n) is 18.8. The normalized spacial score (nSPS) is 10.9. The molecule has 1 amide bonds. The molecule has 0 atom stereocenters. The van der Waals surface area contributed by atoms with Gasteiger partial charge in [0, 0.05) is 38.2 Å². The summed E-state index contributed by atoms with van der Waals surface area (Å²) in [5.74, 6) is 0.729. The van der Waals surface area contributed by atoms with Crippen LogP contribution in [-0.2, 0) is 11.2 Å². The van der Waals surface area contributed by atoms with Crippen LogP contribution in [0.1, 0.15) is 10.4 Å². The van der Waals surface area contributed by atoms with E-state index in [4.69, 9.17) is 11.6 Å². The van der Waals surface area contributed by atoms with Gasteiger partial charge in [-0.3, -0.25) is 9.36 Å². The van der Waals surface area contributed by atoms with E-state index in [-0.39, 0.29) is 11.7 Å². The number of aromatic nitrogens is 4. The standard InChI is InChI=1S/C26H19BrClN5OS2/c27-19-11-9-18(10-12-19)24-31-32-26(33(24)21-7-2-1-3-8-21)35-16-23(34)30-25-29-15-22(36-25)14-17-5-4-6-20(28)13-17/h1-13,15H,14,16H2,(H,29,30,34). The number of thiazole rings is 1. The fourth-order valence-electron chi connectivity index (χ4n) is 3.54. The fourth-order valence-corrected chi connectivity index (χ4v) is 5.63. The number of amides is 1. The number of halogens is 2. The van der Waals surface area contributed by atoms with Crippen molar-refractivity contribution in [3.05, 3.63) is 105 Å². The second-order valence-electron chi connectivity index (χ2n) is 7.76. The summed E-state index contributed by atoms with van der Waals surface area (Å²) in [5, 5.41) is 13.6. The summed E-state index contributed by atoms with van der Waals surface area (Å²) >= 11 is 12.3.